The third-order valence-electron chi connectivity index (χ3n) is 2.09. The quantitative estimate of drug-likeness (QED) is 0.718. The molecule has 20 heavy (non-hydrogen) atoms. The Hall–Kier alpha value is 0.340. The Morgan fingerprint density at radius 2 is 1.55 bits per heavy atom. The number of hydrogen-bond acceptors (Lipinski definition) is 4. The van der Waals surface area contributed by atoms with E-state index in [1.54, 1.807) is 26.0 Å². The van der Waals surface area contributed by atoms with Crippen LogP contribution in [0.2, 0.25) is 0 Å². The van der Waals surface area contributed by atoms with E-state index in [4.69, 9.17) is 22.0 Å². The molecule has 0 saturated heterocycles. The van der Waals surface area contributed by atoms with Gasteiger partial charge in [-0.15, -0.1) is 0 Å². The van der Waals surface area contributed by atoms with Crippen LogP contribution < -0.4 is 29.6 Å². The first-order valence-corrected chi connectivity index (χ1v) is 7.48. The molecule has 8 heteroatoms. The number of rotatable bonds is 4. The van der Waals surface area contributed by atoms with Crippen molar-refractivity contribution in [2.75, 3.05) is 0 Å². The Kier molecular flexibility index (Phi) is 12.4. The Morgan fingerprint density at radius 3 is 1.80 bits per heavy atom. The molecule has 0 aliphatic heterocycles. The summed E-state index contributed by atoms with van der Waals surface area (Å²) in [4.78, 5) is 0.114. The molecule has 1 aromatic rings. The summed E-state index contributed by atoms with van der Waals surface area (Å²) in [7, 11) is -3.62. The predicted octanol–water partition coefficient (Wildman–Crippen LogP) is -0.647. The van der Waals surface area contributed by atoms with E-state index in [9.17, 15) is 8.42 Å². The summed E-state index contributed by atoms with van der Waals surface area (Å²) in [6.07, 6.45) is -0.278. The Bertz CT molecular complexity index is 457. The molecule has 0 heterocycles. The molecule has 0 spiro atoms. The number of nitrogens with zero attached hydrogens (tertiary/aromatic N) is 1. The molecule has 0 fully saturated rings. The standard InChI is InChI=1S/C7H7ClNO2S.C5H12O2.Na/c1-6-2-4-7(5-3-6)12(10,11)9-8;1-4(6)3-5(2)7;/h2-5H,1H3;4-7H,3H2,1-2H3;/q-1;;+1. The van der Waals surface area contributed by atoms with Crippen molar-refractivity contribution >= 4 is 21.8 Å². The van der Waals surface area contributed by atoms with Crippen molar-refractivity contribution in [3.05, 3.63) is 34.1 Å². The van der Waals surface area contributed by atoms with Crippen LogP contribution in [0.1, 0.15) is 25.8 Å². The van der Waals surface area contributed by atoms with Gasteiger partial charge in [-0.3, -0.25) is 11.8 Å². The minimum absolute atomic E-state index is 0. The number of halogens is 1. The zero-order chi connectivity index (χ0) is 15.1. The van der Waals surface area contributed by atoms with Gasteiger partial charge in [-0.2, -0.15) is 0 Å². The van der Waals surface area contributed by atoms with Crippen LogP contribution in [-0.4, -0.2) is 30.8 Å². The molecular formula is C12H19ClNNaO4S. The number of aryl methyl sites for hydroxylation is 1. The van der Waals surface area contributed by atoms with Crippen molar-refractivity contribution in [1.82, 2.24) is 0 Å². The molecule has 0 saturated carbocycles. The topological polar surface area (TPSA) is 88.7 Å². The molecule has 2 unspecified atom stereocenters. The molecule has 0 radical (unpaired) electrons. The van der Waals surface area contributed by atoms with Gasteiger partial charge in [0.15, 0.2) is 0 Å². The van der Waals surface area contributed by atoms with E-state index in [-0.39, 0.29) is 46.7 Å². The number of aliphatic hydroxyl groups excluding tert-OH is 2. The maximum absolute atomic E-state index is 11.0. The fraction of sp³-hybridized carbons (Fsp3) is 0.500. The normalized spacial score (nSPS) is 13.5. The van der Waals surface area contributed by atoms with Crippen molar-refractivity contribution in [2.45, 2.75) is 44.3 Å². The summed E-state index contributed by atoms with van der Waals surface area (Å²) in [5.74, 6) is 0. The summed E-state index contributed by atoms with van der Waals surface area (Å²) in [6.45, 7) is 5.19. The van der Waals surface area contributed by atoms with Crippen LogP contribution in [0.3, 0.4) is 0 Å². The fourth-order valence-corrected chi connectivity index (χ4v) is 2.04. The summed E-state index contributed by atoms with van der Waals surface area (Å²) in [5, 5.41) is 17.1. The summed E-state index contributed by atoms with van der Waals surface area (Å²) in [6, 6.07) is 6.32. The summed E-state index contributed by atoms with van der Waals surface area (Å²) < 4.78 is 24.8. The van der Waals surface area contributed by atoms with Gasteiger partial charge < -0.3 is 14.5 Å². The minimum atomic E-state index is -3.62. The van der Waals surface area contributed by atoms with Gasteiger partial charge in [0.05, 0.1) is 12.2 Å². The molecule has 0 aromatic heterocycles. The zero-order valence-corrected chi connectivity index (χ0v) is 15.7. The van der Waals surface area contributed by atoms with Gasteiger partial charge in [0, 0.05) is 4.90 Å². The van der Waals surface area contributed by atoms with Crippen molar-refractivity contribution in [2.24, 2.45) is 0 Å². The van der Waals surface area contributed by atoms with Crippen LogP contribution in [0, 0.1) is 6.92 Å². The van der Waals surface area contributed by atoms with E-state index in [2.05, 4.69) is 4.24 Å². The van der Waals surface area contributed by atoms with Crippen LogP contribution in [0.5, 0.6) is 0 Å². The Balaban J connectivity index is 0. The Labute approximate surface area is 147 Å². The van der Waals surface area contributed by atoms with Crippen molar-refractivity contribution in [1.29, 1.82) is 0 Å². The van der Waals surface area contributed by atoms with E-state index >= 15 is 0 Å². The number of hydrogen-bond donors (Lipinski definition) is 2. The minimum Gasteiger partial charge on any atom is -0.458 e. The molecule has 2 atom stereocenters. The van der Waals surface area contributed by atoms with Gasteiger partial charge in [0.1, 0.15) is 10.0 Å². The second-order valence-corrected chi connectivity index (χ2v) is 6.26. The first-order chi connectivity index (χ1) is 8.69. The van der Waals surface area contributed by atoms with Crippen molar-refractivity contribution in [3.8, 4) is 0 Å². The van der Waals surface area contributed by atoms with E-state index < -0.39 is 10.0 Å². The van der Waals surface area contributed by atoms with Crippen molar-refractivity contribution in [3.63, 3.8) is 0 Å². The maximum atomic E-state index is 11.0. The molecule has 5 nitrogen and oxygen atoms in total. The van der Waals surface area contributed by atoms with Gasteiger partial charge in [0.25, 0.3) is 0 Å². The molecule has 0 amide bonds. The average Bonchev–Trinajstić information content (AvgIpc) is 2.28. The predicted molar refractivity (Wildman–Crippen MR) is 75.6 cm³/mol. The fourth-order valence-electron chi connectivity index (χ4n) is 1.24. The summed E-state index contributed by atoms with van der Waals surface area (Å²) >= 11 is 4.90. The van der Waals surface area contributed by atoms with E-state index in [0.717, 1.165) is 5.56 Å². The van der Waals surface area contributed by atoms with Crippen LogP contribution in [0.25, 0.3) is 4.24 Å². The third-order valence-corrected chi connectivity index (χ3v) is 3.69. The monoisotopic (exact) mass is 331 g/mol. The zero-order valence-electron chi connectivity index (χ0n) is 12.1. The molecule has 0 aliphatic rings. The van der Waals surface area contributed by atoms with Crippen LogP contribution in [-0.2, 0) is 10.0 Å². The van der Waals surface area contributed by atoms with E-state index in [0.29, 0.717) is 6.42 Å². The van der Waals surface area contributed by atoms with Crippen LogP contribution >= 0.6 is 11.8 Å². The number of benzene rings is 1. The average molecular weight is 332 g/mol. The van der Waals surface area contributed by atoms with E-state index in [1.807, 2.05) is 6.92 Å². The smallest absolute Gasteiger partial charge is 0.458 e. The molecule has 110 valence electrons. The third kappa shape index (κ3) is 10.1. The van der Waals surface area contributed by atoms with Gasteiger partial charge in [-0.05, 0) is 39.3 Å². The molecular weight excluding hydrogens is 313 g/mol. The molecule has 1 rings (SSSR count). The first-order valence-electron chi connectivity index (χ1n) is 5.70. The second-order valence-electron chi connectivity index (χ2n) is 4.29. The van der Waals surface area contributed by atoms with Crippen molar-refractivity contribution < 1.29 is 48.2 Å². The van der Waals surface area contributed by atoms with E-state index in [1.165, 1.54) is 12.1 Å². The molecule has 0 bridgehead atoms. The van der Waals surface area contributed by atoms with Crippen LogP contribution in [0.4, 0.5) is 0 Å². The van der Waals surface area contributed by atoms with Crippen LogP contribution in [0.15, 0.2) is 29.2 Å². The first kappa shape index (κ1) is 22.6. The number of sulfonamides is 1. The van der Waals surface area contributed by atoms with Gasteiger partial charge >= 0.3 is 29.6 Å². The largest absolute Gasteiger partial charge is 1.00 e. The molecule has 0 aliphatic carbocycles. The maximum Gasteiger partial charge on any atom is 1.00 e. The van der Waals surface area contributed by atoms with Gasteiger partial charge in [-0.25, -0.2) is 8.42 Å². The van der Waals surface area contributed by atoms with Gasteiger partial charge in [0.2, 0.25) is 0 Å². The molecule has 1 aromatic carbocycles. The Morgan fingerprint density at radius 1 is 1.15 bits per heavy atom. The summed E-state index contributed by atoms with van der Waals surface area (Å²) in [5.41, 5.74) is 0.989. The molecule has 2 N–H and O–H groups in total. The second kappa shape index (κ2) is 11.0. The number of aliphatic hydroxyl groups is 2. The van der Waals surface area contributed by atoms with Gasteiger partial charge in [-0.1, -0.05) is 17.7 Å². The SMILES string of the molecule is CC(O)CC(C)O.Cc1ccc(S(=O)(=O)[N-]Cl)cc1.[Na+].